The minimum Gasteiger partial charge on any atom is -0.273 e. The van der Waals surface area contributed by atoms with Gasteiger partial charge in [0.1, 0.15) is 0 Å². The Kier molecular flexibility index (Phi) is 5.67. The molecule has 29 heavy (non-hydrogen) atoms. The number of halogens is 3. The predicted molar refractivity (Wildman–Crippen MR) is 99.1 cm³/mol. The molecule has 0 spiro atoms. The Hall–Kier alpha value is -3.62. The van der Waals surface area contributed by atoms with E-state index in [2.05, 4.69) is 10.5 Å². The third-order valence-corrected chi connectivity index (χ3v) is 4.08. The highest BCUT2D eigenvalue weighted by Gasteiger charge is 2.40. The number of amides is 2. The van der Waals surface area contributed by atoms with E-state index < -0.39 is 29.2 Å². The van der Waals surface area contributed by atoms with Crippen molar-refractivity contribution in [1.82, 2.24) is 20.6 Å². The summed E-state index contributed by atoms with van der Waals surface area (Å²) in [7, 11) is 0. The van der Waals surface area contributed by atoms with Crippen LogP contribution < -0.4 is 10.9 Å². The van der Waals surface area contributed by atoms with Crippen LogP contribution in [0.1, 0.15) is 27.2 Å². The van der Waals surface area contributed by atoms with Crippen LogP contribution in [0, 0.1) is 6.92 Å². The molecule has 0 saturated carbocycles. The highest BCUT2D eigenvalue weighted by molar-refractivity contribution is 5.96. The highest BCUT2D eigenvalue weighted by atomic mass is 19.4. The number of aryl methyl sites for hydroxylation is 1. The molecule has 1 heterocycles. The molecule has 6 nitrogen and oxygen atoms in total. The Morgan fingerprint density at radius 3 is 2.28 bits per heavy atom. The van der Waals surface area contributed by atoms with Crippen molar-refractivity contribution in [2.24, 2.45) is 0 Å². The maximum Gasteiger partial charge on any atom is 0.434 e. The summed E-state index contributed by atoms with van der Waals surface area (Å²) in [6.07, 6.45) is -4.04. The van der Waals surface area contributed by atoms with Gasteiger partial charge in [0.05, 0.1) is 23.9 Å². The molecule has 3 rings (SSSR count). The summed E-state index contributed by atoms with van der Waals surface area (Å²) in [5.41, 5.74) is 3.94. The topological polar surface area (TPSA) is 76.0 Å². The van der Waals surface area contributed by atoms with Crippen LogP contribution >= 0.6 is 0 Å². The van der Waals surface area contributed by atoms with E-state index in [1.807, 2.05) is 5.43 Å². The van der Waals surface area contributed by atoms with Crippen molar-refractivity contribution in [2.75, 3.05) is 0 Å². The first-order valence-corrected chi connectivity index (χ1v) is 8.61. The van der Waals surface area contributed by atoms with Crippen LogP contribution in [0.15, 0.2) is 60.8 Å². The van der Waals surface area contributed by atoms with Crippen LogP contribution in [0.2, 0.25) is 0 Å². The highest BCUT2D eigenvalue weighted by Crippen LogP contribution is 2.33. The van der Waals surface area contributed by atoms with Gasteiger partial charge in [-0.3, -0.25) is 20.4 Å². The summed E-state index contributed by atoms with van der Waals surface area (Å²) in [5, 5.41) is 3.72. The summed E-state index contributed by atoms with van der Waals surface area (Å²) in [4.78, 5) is 24.2. The Morgan fingerprint density at radius 2 is 1.66 bits per heavy atom. The van der Waals surface area contributed by atoms with Crippen molar-refractivity contribution in [1.29, 1.82) is 0 Å². The van der Waals surface area contributed by atoms with Gasteiger partial charge in [0.25, 0.3) is 5.91 Å². The molecular formula is C20H17F3N4O2. The number of carbonyl (C=O) groups is 2. The lowest BCUT2D eigenvalue weighted by atomic mass is 10.1. The van der Waals surface area contributed by atoms with Crippen LogP contribution in [-0.4, -0.2) is 21.6 Å². The van der Waals surface area contributed by atoms with Gasteiger partial charge < -0.3 is 0 Å². The number of rotatable bonds is 4. The number of nitrogens with one attached hydrogen (secondary N) is 2. The summed E-state index contributed by atoms with van der Waals surface area (Å²) in [5.74, 6) is -1.68. The first kappa shape index (κ1) is 20.1. The number of nitrogens with zero attached hydrogens (tertiary/aromatic N) is 2. The molecule has 150 valence electrons. The number of carbonyl (C=O) groups excluding carboxylic acids is 2. The molecule has 0 unspecified atom stereocenters. The lowest BCUT2D eigenvalue weighted by molar-refractivity contribution is -0.143. The second-order valence-electron chi connectivity index (χ2n) is 6.32. The van der Waals surface area contributed by atoms with Gasteiger partial charge in [-0.15, -0.1) is 0 Å². The molecule has 2 aromatic carbocycles. The van der Waals surface area contributed by atoms with E-state index >= 15 is 0 Å². The minimum absolute atomic E-state index is 0.0319. The maximum absolute atomic E-state index is 13.6. The minimum atomic E-state index is -4.83. The number of hydrogen-bond donors (Lipinski definition) is 2. The Balaban J connectivity index is 1.78. The zero-order chi connectivity index (χ0) is 21.0. The number of benzene rings is 2. The monoisotopic (exact) mass is 402 g/mol. The van der Waals surface area contributed by atoms with E-state index in [1.54, 1.807) is 49.4 Å². The first-order valence-electron chi connectivity index (χ1n) is 8.61. The van der Waals surface area contributed by atoms with Crippen molar-refractivity contribution in [2.45, 2.75) is 19.5 Å². The van der Waals surface area contributed by atoms with E-state index in [9.17, 15) is 22.8 Å². The van der Waals surface area contributed by atoms with Gasteiger partial charge in [-0.2, -0.15) is 18.3 Å². The summed E-state index contributed by atoms with van der Waals surface area (Å²) in [6, 6.07) is 14.9. The molecule has 0 aliphatic heterocycles. The lowest BCUT2D eigenvalue weighted by Crippen LogP contribution is -2.42. The molecule has 0 radical (unpaired) electrons. The molecule has 0 aliphatic carbocycles. The molecule has 0 fully saturated rings. The van der Waals surface area contributed by atoms with Crippen LogP contribution in [-0.2, 0) is 17.4 Å². The maximum atomic E-state index is 13.6. The zero-order valence-electron chi connectivity index (χ0n) is 15.3. The molecule has 9 heteroatoms. The van der Waals surface area contributed by atoms with Gasteiger partial charge in [-0.1, -0.05) is 48.0 Å². The number of hydrogen-bond acceptors (Lipinski definition) is 3. The number of hydrazine groups is 1. The molecule has 0 bridgehead atoms. The van der Waals surface area contributed by atoms with Crippen LogP contribution in [0.4, 0.5) is 13.2 Å². The average molecular weight is 402 g/mol. The second-order valence-corrected chi connectivity index (χ2v) is 6.32. The van der Waals surface area contributed by atoms with E-state index in [-0.39, 0.29) is 12.1 Å². The fourth-order valence-electron chi connectivity index (χ4n) is 2.69. The van der Waals surface area contributed by atoms with E-state index in [0.717, 1.165) is 11.8 Å². The second kappa shape index (κ2) is 8.17. The third kappa shape index (κ3) is 4.81. The molecule has 3 aromatic rings. The molecular weight excluding hydrogens is 385 g/mol. The fourth-order valence-corrected chi connectivity index (χ4v) is 2.69. The normalized spacial score (nSPS) is 11.2. The summed E-state index contributed by atoms with van der Waals surface area (Å²) in [6.45, 7) is 1.80. The van der Waals surface area contributed by atoms with E-state index in [4.69, 9.17) is 0 Å². The summed E-state index contributed by atoms with van der Waals surface area (Å²) >= 11 is 0. The van der Waals surface area contributed by atoms with Crippen LogP contribution in [0.5, 0.6) is 0 Å². The van der Waals surface area contributed by atoms with Gasteiger partial charge in [-0.05, 0) is 24.6 Å². The van der Waals surface area contributed by atoms with Crippen LogP contribution in [0.3, 0.4) is 0 Å². The van der Waals surface area contributed by atoms with Gasteiger partial charge >= 0.3 is 6.18 Å². The van der Waals surface area contributed by atoms with Crippen molar-refractivity contribution in [3.05, 3.63) is 83.2 Å². The van der Waals surface area contributed by atoms with Crippen LogP contribution in [0.25, 0.3) is 5.69 Å². The SMILES string of the molecule is Cc1ccc(-n2ncc(C(=O)NNC(=O)Cc3ccccc3)c2C(F)(F)F)cc1. The van der Waals surface area contributed by atoms with Crippen molar-refractivity contribution in [3.8, 4) is 5.69 Å². The molecule has 0 saturated heterocycles. The Bertz CT molecular complexity index is 1010. The number of alkyl halides is 3. The van der Waals surface area contributed by atoms with E-state index in [1.165, 1.54) is 12.1 Å². The molecule has 0 aliphatic rings. The fraction of sp³-hybridized carbons (Fsp3) is 0.150. The molecule has 0 atom stereocenters. The standard InChI is InChI=1S/C20H17F3N4O2/c1-13-7-9-15(10-8-13)27-18(20(21,22)23)16(12-24-27)19(29)26-25-17(28)11-14-5-3-2-4-6-14/h2-10,12H,11H2,1H3,(H,25,28)(H,26,29). The van der Waals surface area contributed by atoms with Crippen molar-refractivity contribution >= 4 is 11.8 Å². The van der Waals surface area contributed by atoms with Gasteiger partial charge in [0.2, 0.25) is 5.91 Å². The Morgan fingerprint density at radius 1 is 1.00 bits per heavy atom. The average Bonchev–Trinajstić information content (AvgIpc) is 3.13. The Labute approximate surface area is 164 Å². The first-order chi connectivity index (χ1) is 13.8. The molecule has 2 N–H and O–H groups in total. The summed E-state index contributed by atoms with van der Waals surface area (Å²) < 4.78 is 41.5. The van der Waals surface area contributed by atoms with Gasteiger partial charge in [-0.25, -0.2) is 4.68 Å². The molecule has 2 amide bonds. The van der Waals surface area contributed by atoms with Gasteiger partial charge in [0, 0.05) is 0 Å². The quantitative estimate of drug-likeness (QED) is 0.658. The third-order valence-electron chi connectivity index (χ3n) is 4.08. The van der Waals surface area contributed by atoms with Gasteiger partial charge in [0.15, 0.2) is 5.69 Å². The number of aromatic nitrogens is 2. The van der Waals surface area contributed by atoms with Crippen molar-refractivity contribution < 1.29 is 22.8 Å². The van der Waals surface area contributed by atoms with Crippen molar-refractivity contribution in [3.63, 3.8) is 0 Å². The smallest absolute Gasteiger partial charge is 0.273 e. The molecule has 1 aromatic heterocycles. The zero-order valence-corrected chi connectivity index (χ0v) is 15.3. The van der Waals surface area contributed by atoms with E-state index in [0.29, 0.717) is 10.2 Å². The predicted octanol–water partition coefficient (Wildman–Crippen LogP) is 3.20. The largest absolute Gasteiger partial charge is 0.434 e. The lowest BCUT2D eigenvalue weighted by Gasteiger charge is -2.13.